The standard InChI is InChI=1S/C58H101NO5/c1-4-7-10-13-16-19-22-25-27-28-30-33-35-38-41-44-47-50-56(61)55(53-60)59-57(62)52-54(49-46-43-40-37-34-32-29-26-23-20-17-14-11-8-5-2)64-58(63)51-48-45-42-39-36-31-24-21-18-15-12-9-6-3/h9,12,15,17-18,20-21,24,26,29,31,36,39,42,54-56,60-61H,4-8,10-11,13-14,16,19,22-23,25,27-28,30,32-35,37-38,40-41,43-53H2,1-3H3,(H,59,62)/b12-9+,18-15+,20-17-,24-21-,29-26-,36-31-,42-39+. The number of aliphatic hydroxyl groups excluding tert-OH is 2. The lowest BCUT2D eigenvalue weighted by molar-refractivity contribution is -0.151. The number of ether oxygens (including phenoxy) is 1. The summed E-state index contributed by atoms with van der Waals surface area (Å²) in [4.78, 5) is 26.1. The fourth-order valence-corrected chi connectivity index (χ4v) is 7.79. The highest BCUT2D eigenvalue weighted by molar-refractivity contribution is 5.77. The quantitative estimate of drug-likeness (QED) is 0.0245. The van der Waals surface area contributed by atoms with E-state index < -0.39 is 18.2 Å². The van der Waals surface area contributed by atoms with Crippen molar-refractivity contribution in [3.05, 3.63) is 85.1 Å². The van der Waals surface area contributed by atoms with Crippen molar-refractivity contribution in [3.63, 3.8) is 0 Å². The normalized spacial score (nSPS) is 13.9. The molecule has 6 heteroatoms. The van der Waals surface area contributed by atoms with Gasteiger partial charge in [0.15, 0.2) is 0 Å². The van der Waals surface area contributed by atoms with Gasteiger partial charge in [-0.25, -0.2) is 0 Å². The molecule has 0 rings (SSSR count). The zero-order chi connectivity index (χ0) is 46.7. The number of amides is 1. The number of carbonyl (C=O) groups excluding carboxylic acids is 2. The lowest BCUT2D eigenvalue weighted by Gasteiger charge is -2.24. The summed E-state index contributed by atoms with van der Waals surface area (Å²) in [5, 5.41) is 23.8. The Morgan fingerprint density at radius 3 is 1.42 bits per heavy atom. The lowest BCUT2D eigenvalue weighted by Crippen LogP contribution is -2.46. The van der Waals surface area contributed by atoms with Gasteiger partial charge in [-0.2, -0.15) is 0 Å². The van der Waals surface area contributed by atoms with Crippen molar-refractivity contribution in [2.45, 2.75) is 264 Å². The van der Waals surface area contributed by atoms with Crippen LogP contribution >= 0.6 is 0 Å². The molecule has 0 aromatic heterocycles. The molecule has 0 aromatic carbocycles. The molecule has 3 unspecified atom stereocenters. The summed E-state index contributed by atoms with van der Waals surface area (Å²) in [7, 11) is 0. The van der Waals surface area contributed by atoms with E-state index in [1.165, 1.54) is 116 Å². The van der Waals surface area contributed by atoms with E-state index >= 15 is 0 Å². The molecule has 368 valence electrons. The number of aliphatic hydroxyl groups is 2. The molecule has 0 aliphatic carbocycles. The first kappa shape index (κ1) is 61.0. The van der Waals surface area contributed by atoms with Crippen molar-refractivity contribution < 1.29 is 24.5 Å². The zero-order valence-electron chi connectivity index (χ0n) is 41.9. The highest BCUT2D eigenvalue weighted by Gasteiger charge is 2.24. The maximum Gasteiger partial charge on any atom is 0.306 e. The van der Waals surface area contributed by atoms with Gasteiger partial charge in [0.1, 0.15) is 6.10 Å². The molecule has 0 heterocycles. The van der Waals surface area contributed by atoms with Gasteiger partial charge in [0.25, 0.3) is 0 Å². The molecule has 0 radical (unpaired) electrons. The molecule has 0 aliphatic heterocycles. The number of esters is 1. The largest absolute Gasteiger partial charge is 0.462 e. The van der Waals surface area contributed by atoms with E-state index in [9.17, 15) is 19.8 Å². The fourth-order valence-electron chi connectivity index (χ4n) is 7.79. The summed E-state index contributed by atoms with van der Waals surface area (Å²) in [5.74, 6) is -0.577. The molecule has 64 heavy (non-hydrogen) atoms. The molecule has 0 spiro atoms. The van der Waals surface area contributed by atoms with E-state index in [0.717, 1.165) is 77.0 Å². The number of unbranched alkanes of at least 4 members (excludes halogenated alkanes) is 25. The Labute approximate surface area is 395 Å². The molecular weight excluding hydrogens is 791 g/mol. The van der Waals surface area contributed by atoms with Gasteiger partial charge in [0.2, 0.25) is 5.91 Å². The fraction of sp³-hybridized carbons (Fsp3) is 0.724. The summed E-state index contributed by atoms with van der Waals surface area (Å²) in [6, 6.07) is -0.725. The van der Waals surface area contributed by atoms with Gasteiger partial charge in [0.05, 0.1) is 25.2 Å². The molecular formula is C58H101NO5. The van der Waals surface area contributed by atoms with Crippen LogP contribution in [0.25, 0.3) is 0 Å². The van der Waals surface area contributed by atoms with E-state index in [1.807, 2.05) is 54.7 Å². The first-order valence-electron chi connectivity index (χ1n) is 26.9. The minimum Gasteiger partial charge on any atom is -0.462 e. The number of rotatable bonds is 47. The molecule has 0 fully saturated rings. The van der Waals surface area contributed by atoms with Crippen LogP contribution in [0.5, 0.6) is 0 Å². The number of nitrogens with one attached hydrogen (secondary N) is 1. The third kappa shape index (κ3) is 45.6. The third-order valence-corrected chi connectivity index (χ3v) is 11.8. The second-order valence-corrected chi connectivity index (χ2v) is 18.0. The van der Waals surface area contributed by atoms with Gasteiger partial charge in [0, 0.05) is 6.42 Å². The van der Waals surface area contributed by atoms with E-state index in [1.54, 1.807) is 0 Å². The Balaban J connectivity index is 4.65. The minimum atomic E-state index is -0.808. The Bertz CT molecular complexity index is 1230. The van der Waals surface area contributed by atoms with Crippen LogP contribution in [0, 0.1) is 0 Å². The highest BCUT2D eigenvalue weighted by atomic mass is 16.5. The molecule has 1 amide bonds. The number of hydrogen-bond donors (Lipinski definition) is 3. The second kappa shape index (κ2) is 51.0. The molecule has 0 aromatic rings. The van der Waals surface area contributed by atoms with Crippen molar-refractivity contribution in [2.75, 3.05) is 6.61 Å². The summed E-state index contributed by atoms with van der Waals surface area (Å²) >= 11 is 0. The Morgan fingerprint density at radius 1 is 0.484 bits per heavy atom. The van der Waals surface area contributed by atoms with Crippen LogP contribution < -0.4 is 5.32 Å². The van der Waals surface area contributed by atoms with E-state index in [2.05, 4.69) is 56.5 Å². The summed E-state index contributed by atoms with van der Waals surface area (Å²) < 4.78 is 5.89. The first-order valence-corrected chi connectivity index (χ1v) is 26.9. The summed E-state index contributed by atoms with van der Waals surface area (Å²) in [6.45, 7) is 6.30. The van der Waals surface area contributed by atoms with Crippen LogP contribution in [0.3, 0.4) is 0 Å². The Kier molecular flexibility index (Phi) is 48.7. The van der Waals surface area contributed by atoms with Crippen LogP contribution in [-0.4, -0.2) is 46.9 Å². The van der Waals surface area contributed by atoms with E-state index in [-0.39, 0.29) is 24.9 Å². The molecule has 3 atom stereocenters. The van der Waals surface area contributed by atoms with Crippen molar-refractivity contribution in [3.8, 4) is 0 Å². The predicted octanol–water partition coefficient (Wildman–Crippen LogP) is 16.3. The van der Waals surface area contributed by atoms with Gasteiger partial charge in [-0.15, -0.1) is 0 Å². The van der Waals surface area contributed by atoms with Crippen LogP contribution in [0.15, 0.2) is 85.1 Å². The second-order valence-electron chi connectivity index (χ2n) is 18.0. The number of allylic oxidation sites excluding steroid dienone is 14. The van der Waals surface area contributed by atoms with Crippen LogP contribution in [0.4, 0.5) is 0 Å². The summed E-state index contributed by atoms with van der Waals surface area (Å²) in [6.07, 6.45) is 66.5. The van der Waals surface area contributed by atoms with Crippen LogP contribution in [-0.2, 0) is 14.3 Å². The van der Waals surface area contributed by atoms with Crippen molar-refractivity contribution >= 4 is 11.9 Å². The maximum absolute atomic E-state index is 13.2. The average molecular weight is 892 g/mol. The molecule has 0 bridgehead atoms. The highest BCUT2D eigenvalue weighted by Crippen LogP contribution is 2.18. The van der Waals surface area contributed by atoms with Gasteiger partial charge in [-0.1, -0.05) is 247 Å². The van der Waals surface area contributed by atoms with Crippen LogP contribution in [0.2, 0.25) is 0 Å². The molecule has 3 N–H and O–H groups in total. The van der Waals surface area contributed by atoms with E-state index in [0.29, 0.717) is 25.7 Å². The van der Waals surface area contributed by atoms with Crippen molar-refractivity contribution in [1.29, 1.82) is 0 Å². The van der Waals surface area contributed by atoms with Gasteiger partial charge in [-0.3, -0.25) is 9.59 Å². The van der Waals surface area contributed by atoms with Crippen molar-refractivity contribution in [2.24, 2.45) is 0 Å². The van der Waals surface area contributed by atoms with Crippen molar-refractivity contribution in [1.82, 2.24) is 5.32 Å². The number of hydrogen-bond acceptors (Lipinski definition) is 5. The average Bonchev–Trinajstić information content (AvgIpc) is 3.29. The SMILES string of the molecule is CC/C=C/C=C/C=C\C=C/C=C/CCCC(=O)OC(CCCCCCC/C=C\C/C=C\CCCCC)CC(=O)NC(CO)C(O)CCCCCCCCCCCCCCCCCCC. The molecule has 0 saturated carbocycles. The molecule has 0 aliphatic rings. The van der Waals surface area contributed by atoms with Gasteiger partial charge in [-0.05, 0) is 70.6 Å². The minimum absolute atomic E-state index is 0.0359. The van der Waals surface area contributed by atoms with Crippen LogP contribution in [0.1, 0.15) is 245 Å². The zero-order valence-corrected chi connectivity index (χ0v) is 41.9. The topological polar surface area (TPSA) is 95.9 Å². The lowest BCUT2D eigenvalue weighted by atomic mass is 10.0. The van der Waals surface area contributed by atoms with Gasteiger partial charge < -0.3 is 20.3 Å². The first-order chi connectivity index (χ1) is 31.5. The Morgan fingerprint density at radius 2 is 0.906 bits per heavy atom. The van der Waals surface area contributed by atoms with E-state index in [4.69, 9.17) is 4.74 Å². The number of carbonyl (C=O) groups is 2. The smallest absolute Gasteiger partial charge is 0.306 e. The molecule has 0 saturated heterocycles. The Hall–Kier alpha value is -2.96. The summed E-state index contributed by atoms with van der Waals surface area (Å²) in [5.41, 5.74) is 0. The monoisotopic (exact) mass is 892 g/mol. The predicted molar refractivity (Wildman–Crippen MR) is 278 cm³/mol. The molecule has 6 nitrogen and oxygen atoms in total. The maximum atomic E-state index is 13.2. The van der Waals surface area contributed by atoms with Gasteiger partial charge >= 0.3 is 5.97 Å². The third-order valence-electron chi connectivity index (χ3n) is 11.8.